The van der Waals surface area contributed by atoms with E-state index in [0.717, 1.165) is 28.7 Å². The molecular weight excluding hydrogens is 399 g/mol. The first-order chi connectivity index (χ1) is 14.4. The molecule has 0 unspecified atom stereocenters. The Morgan fingerprint density at radius 1 is 1.35 bits per heavy atom. The molecule has 0 spiro atoms. The van der Waals surface area contributed by atoms with Crippen molar-refractivity contribution in [2.75, 3.05) is 0 Å². The van der Waals surface area contributed by atoms with Crippen LogP contribution < -0.4 is 20.5 Å². The molecule has 0 atom stereocenters. The molecule has 0 aliphatic carbocycles. The van der Waals surface area contributed by atoms with Gasteiger partial charge in [0.05, 0.1) is 18.1 Å². The maximum absolute atomic E-state index is 9.71. The number of aromatic nitrogens is 1. The van der Waals surface area contributed by atoms with E-state index in [9.17, 15) is 9.73 Å². The van der Waals surface area contributed by atoms with Gasteiger partial charge in [-0.15, -0.1) is 0 Å². The van der Waals surface area contributed by atoms with Crippen LogP contribution in [0.3, 0.4) is 0 Å². The molecule has 166 valence electrons. The third-order valence-electron chi connectivity index (χ3n) is 3.86. The fraction of sp³-hybridized carbons (Fsp3) is 0.444. The molecule has 2 heterocycles. The fourth-order valence-electron chi connectivity index (χ4n) is 2.55. The van der Waals surface area contributed by atoms with Gasteiger partial charge in [0.25, 0.3) is 0 Å². The normalized spacial score (nSPS) is 13.5. The zero-order valence-corrected chi connectivity index (χ0v) is 18.7. The van der Waals surface area contributed by atoms with Crippen LogP contribution >= 0.6 is 0 Å². The Morgan fingerprint density at radius 3 is 2.58 bits per heavy atom. The number of pyridine rings is 1. The van der Waals surface area contributed by atoms with Crippen molar-refractivity contribution in [2.45, 2.75) is 53.4 Å². The van der Waals surface area contributed by atoms with Crippen LogP contribution in [0.1, 0.15) is 30.7 Å². The van der Waals surface area contributed by atoms with Gasteiger partial charge in [-0.05, 0) is 19.3 Å². The number of hydrogen-bond acceptors (Lipinski definition) is 10. The van der Waals surface area contributed by atoms with Crippen LogP contribution in [0.15, 0.2) is 36.0 Å². The second kappa shape index (κ2) is 12.3. The topological polar surface area (TPSA) is 137 Å². The summed E-state index contributed by atoms with van der Waals surface area (Å²) in [6.07, 6.45) is 2.86. The van der Waals surface area contributed by atoms with E-state index in [-0.39, 0.29) is 5.82 Å². The van der Waals surface area contributed by atoms with Crippen molar-refractivity contribution >= 4 is 27.4 Å². The first-order valence-corrected chi connectivity index (χ1v) is 9.74. The summed E-state index contributed by atoms with van der Waals surface area (Å²) in [5, 5.41) is 26.3. The smallest absolute Gasteiger partial charge is 0.407 e. The number of ether oxygens (including phenoxy) is 2. The average Bonchev–Trinajstić information content (AvgIpc) is 2.65. The number of aryl methyl sites for hydroxylation is 1. The van der Waals surface area contributed by atoms with Crippen molar-refractivity contribution in [1.29, 1.82) is 0 Å². The monoisotopic (exact) mass is 429 g/mol. The number of aliphatic imine (C=N–C) groups is 1. The number of rotatable bonds is 9. The minimum Gasteiger partial charge on any atom is -0.461 e. The fourth-order valence-corrected chi connectivity index (χ4v) is 2.55. The van der Waals surface area contributed by atoms with Crippen LogP contribution in [0.2, 0.25) is 13.6 Å². The Kier molecular flexibility index (Phi) is 10.5. The molecule has 10 nitrogen and oxygen atoms in total. The SMILES string of the molecule is C=C(N=CB=O)NB(C)O.C=C(NCc1cnc(C)c2c1COC(C)(C)O2)NB(C)O. The number of nitrogens with zero attached hydrogens (tertiary/aromatic N) is 2. The molecule has 0 fully saturated rings. The maximum atomic E-state index is 9.71. The van der Waals surface area contributed by atoms with Crippen molar-refractivity contribution in [3.63, 3.8) is 0 Å². The Morgan fingerprint density at radius 2 is 2.00 bits per heavy atom. The third-order valence-corrected chi connectivity index (χ3v) is 3.86. The molecule has 5 N–H and O–H groups in total. The van der Waals surface area contributed by atoms with Crippen LogP contribution in [0.25, 0.3) is 0 Å². The molecule has 0 saturated heterocycles. The second-order valence-corrected chi connectivity index (χ2v) is 7.30. The average molecular weight is 429 g/mol. The Labute approximate surface area is 184 Å². The summed E-state index contributed by atoms with van der Waals surface area (Å²) in [7, 11) is -0.812. The van der Waals surface area contributed by atoms with Gasteiger partial charge in [0.15, 0.2) is 0 Å². The van der Waals surface area contributed by atoms with E-state index in [1.807, 2.05) is 27.0 Å². The summed E-state index contributed by atoms with van der Waals surface area (Å²) in [6.45, 7) is 17.1. The molecule has 0 saturated carbocycles. The van der Waals surface area contributed by atoms with E-state index < -0.39 is 19.9 Å². The predicted molar refractivity (Wildman–Crippen MR) is 122 cm³/mol. The number of nitrogens with one attached hydrogen (secondary N) is 3. The van der Waals surface area contributed by atoms with E-state index in [4.69, 9.17) is 14.5 Å². The zero-order valence-electron chi connectivity index (χ0n) is 18.7. The summed E-state index contributed by atoms with van der Waals surface area (Å²) >= 11 is 0. The van der Waals surface area contributed by atoms with E-state index in [0.29, 0.717) is 26.1 Å². The van der Waals surface area contributed by atoms with Crippen LogP contribution in [0.4, 0.5) is 0 Å². The third kappa shape index (κ3) is 9.82. The summed E-state index contributed by atoms with van der Waals surface area (Å²) in [5.41, 5.74) is 2.84. The molecule has 1 aliphatic heterocycles. The molecule has 2 rings (SSSR count). The van der Waals surface area contributed by atoms with Gasteiger partial charge in [-0.2, -0.15) is 0 Å². The van der Waals surface area contributed by atoms with Crippen molar-refractivity contribution in [3.05, 3.63) is 47.8 Å². The van der Waals surface area contributed by atoms with Crippen LogP contribution in [-0.2, 0) is 22.6 Å². The number of fused-ring (bicyclic) bond motifs is 1. The molecule has 1 aliphatic rings. The van der Waals surface area contributed by atoms with Crippen LogP contribution in [-0.4, -0.2) is 48.2 Å². The predicted octanol–water partition coefficient (Wildman–Crippen LogP) is 0.531. The minimum absolute atomic E-state index is 0.266. The van der Waals surface area contributed by atoms with Gasteiger partial charge < -0.3 is 25.0 Å². The quantitative estimate of drug-likeness (QED) is 0.281. The standard InChI is InChI=1S/C14H22BN3O3.C4H8B2N2O2/c1-9-13-12(8-20-14(3,4)21-13)11(6-16-9)7-17-10(2)18-15(5)19;1-4(7-3-5-9)8-6(2)10/h6,17-19H,2,7-8H2,1,3-5H3;3,8,10H,1H2,2H3. The van der Waals surface area contributed by atoms with Gasteiger partial charge >= 0.3 is 66.5 Å². The summed E-state index contributed by atoms with van der Waals surface area (Å²) in [4.78, 5) is 7.90. The van der Waals surface area contributed by atoms with Crippen LogP contribution in [0.5, 0.6) is 5.75 Å². The van der Waals surface area contributed by atoms with Crippen molar-refractivity contribution in [3.8, 4) is 5.75 Å². The van der Waals surface area contributed by atoms with Crippen molar-refractivity contribution < 1.29 is 24.2 Å². The van der Waals surface area contributed by atoms with Gasteiger partial charge in [-0.25, -0.2) is 0 Å². The van der Waals surface area contributed by atoms with Gasteiger partial charge in [-0.3, -0.25) is 4.98 Å². The molecule has 1 aromatic heterocycles. The minimum atomic E-state index is -0.698. The zero-order chi connectivity index (χ0) is 23.6. The van der Waals surface area contributed by atoms with E-state index in [1.165, 1.54) is 6.82 Å². The molecule has 0 bridgehead atoms. The van der Waals surface area contributed by atoms with Crippen molar-refractivity contribution in [1.82, 2.24) is 20.8 Å². The van der Waals surface area contributed by atoms with Gasteiger partial charge in [0, 0.05) is 32.2 Å². The van der Waals surface area contributed by atoms with Crippen molar-refractivity contribution in [2.24, 2.45) is 4.99 Å². The maximum Gasteiger partial charge on any atom is 0.407 e. The first-order valence-electron chi connectivity index (χ1n) is 9.74. The summed E-state index contributed by atoms with van der Waals surface area (Å²) in [5.74, 6) is 0.974. The molecule has 0 aromatic carbocycles. The van der Waals surface area contributed by atoms with Gasteiger partial charge in [0.1, 0.15) is 5.75 Å². The molecule has 1 aromatic rings. The summed E-state index contributed by atoms with van der Waals surface area (Å²) in [6, 6.07) is 0. The van der Waals surface area contributed by atoms with Gasteiger partial charge in [0.2, 0.25) is 5.79 Å². The largest absolute Gasteiger partial charge is 0.461 e. The van der Waals surface area contributed by atoms with E-state index in [1.54, 1.807) is 6.82 Å². The Balaban J connectivity index is 0.000000407. The van der Waals surface area contributed by atoms with E-state index in [2.05, 4.69) is 38.9 Å². The molecular formula is C18H30B3N5O5. The number of hydrogen-bond donors (Lipinski definition) is 5. The van der Waals surface area contributed by atoms with E-state index >= 15 is 0 Å². The molecule has 13 heteroatoms. The first kappa shape index (κ1) is 26.4. The Hall–Kier alpha value is -2.63. The Bertz CT molecular complexity index is 818. The second-order valence-electron chi connectivity index (χ2n) is 7.30. The summed E-state index contributed by atoms with van der Waals surface area (Å²) < 4.78 is 21.3. The van der Waals surface area contributed by atoms with Crippen LogP contribution in [0, 0.1) is 6.92 Å². The molecule has 31 heavy (non-hydrogen) atoms. The van der Waals surface area contributed by atoms with Gasteiger partial charge in [-0.1, -0.05) is 6.58 Å². The molecule has 0 amide bonds. The molecule has 0 radical (unpaired) electrons.